The van der Waals surface area contributed by atoms with E-state index >= 15 is 0 Å². The van der Waals surface area contributed by atoms with Gasteiger partial charge in [0.05, 0.1) is 16.6 Å². The molecule has 1 N–H and O–H groups in total. The van der Waals surface area contributed by atoms with Gasteiger partial charge in [-0.15, -0.1) is 0 Å². The van der Waals surface area contributed by atoms with Crippen molar-refractivity contribution in [2.24, 2.45) is 5.92 Å². The largest absolute Gasteiger partial charge is 0.342 e. The van der Waals surface area contributed by atoms with Gasteiger partial charge in [-0.3, -0.25) is 4.98 Å². The van der Waals surface area contributed by atoms with Gasteiger partial charge in [0.25, 0.3) is 0 Å². The minimum Gasteiger partial charge on any atom is -0.342 e. The van der Waals surface area contributed by atoms with Gasteiger partial charge >= 0.3 is 0 Å². The van der Waals surface area contributed by atoms with Crippen molar-refractivity contribution in [1.82, 2.24) is 15.0 Å². The molecule has 1 aliphatic rings. The second-order valence-electron chi connectivity index (χ2n) is 8.37. The molecule has 1 fully saturated rings. The van der Waals surface area contributed by atoms with Crippen LogP contribution >= 0.6 is 0 Å². The van der Waals surface area contributed by atoms with Crippen molar-refractivity contribution >= 4 is 21.9 Å². The van der Waals surface area contributed by atoms with Gasteiger partial charge in [-0.2, -0.15) is 0 Å². The number of rotatable bonds is 3. The Kier molecular flexibility index (Phi) is 4.72. The standard InChI is InChI=1S/C24H22F3N3/c1-13(24-29-22-11-19(26)20(27)12-23(22)30-24)14-2-4-15(5-3-14)17-8-9-28-21-7-6-16(25)10-18(17)21/h6-15H,2-5H2,1H3,(H,29,30)/t13?,14-,15-. The lowest BCUT2D eigenvalue weighted by Gasteiger charge is -2.32. The highest BCUT2D eigenvalue weighted by molar-refractivity contribution is 5.82. The number of benzene rings is 2. The van der Waals surface area contributed by atoms with E-state index in [4.69, 9.17) is 0 Å². The van der Waals surface area contributed by atoms with Gasteiger partial charge in [0.15, 0.2) is 11.6 Å². The molecule has 1 atom stereocenters. The predicted molar refractivity (Wildman–Crippen MR) is 111 cm³/mol. The number of nitrogens with zero attached hydrogens (tertiary/aromatic N) is 2. The predicted octanol–water partition coefficient (Wildman–Crippen LogP) is 6.61. The third kappa shape index (κ3) is 3.34. The Morgan fingerprint density at radius 1 is 0.933 bits per heavy atom. The van der Waals surface area contributed by atoms with E-state index in [1.807, 2.05) is 6.07 Å². The van der Waals surface area contributed by atoms with Gasteiger partial charge in [-0.25, -0.2) is 18.2 Å². The average Bonchev–Trinajstić information content (AvgIpc) is 3.16. The van der Waals surface area contributed by atoms with Gasteiger partial charge in [-0.05, 0) is 67.3 Å². The SMILES string of the molecule is CC(c1nc2cc(F)c(F)cc2[nH]1)[C@H]1CC[C@H](c2ccnc3ccc(F)cc32)CC1. The second-order valence-corrected chi connectivity index (χ2v) is 8.37. The van der Waals surface area contributed by atoms with E-state index < -0.39 is 11.6 Å². The van der Waals surface area contributed by atoms with Gasteiger partial charge in [0, 0.05) is 29.6 Å². The number of fused-ring (bicyclic) bond motifs is 2. The van der Waals surface area contributed by atoms with Crippen LogP contribution in [0.3, 0.4) is 0 Å². The van der Waals surface area contributed by atoms with E-state index in [0.29, 0.717) is 22.9 Å². The number of H-pyrrole nitrogens is 1. The lowest BCUT2D eigenvalue weighted by atomic mass is 9.73. The van der Waals surface area contributed by atoms with Gasteiger partial charge in [0.2, 0.25) is 0 Å². The topological polar surface area (TPSA) is 41.6 Å². The minimum atomic E-state index is -0.880. The summed E-state index contributed by atoms with van der Waals surface area (Å²) in [7, 11) is 0. The third-order valence-electron chi connectivity index (χ3n) is 6.63. The fourth-order valence-corrected chi connectivity index (χ4v) is 4.89. The number of halogens is 3. The third-order valence-corrected chi connectivity index (χ3v) is 6.63. The summed E-state index contributed by atoms with van der Waals surface area (Å²) in [6, 6.07) is 9.08. The summed E-state index contributed by atoms with van der Waals surface area (Å²) in [4.78, 5) is 12.0. The van der Waals surface area contributed by atoms with Gasteiger partial charge in [-0.1, -0.05) is 6.92 Å². The fraction of sp³-hybridized carbons (Fsp3) is 0.333. The molecular weight excluding hydrogens is 387 g/mol. The molecule has 30 heavy (non-hydrogen) atoms. The van der Waals surface area contributed by atoms with Crippen LogP contribution in [0.4, 0.5) is 13.2 Å². The Bertz CT molecular complexity index is 1190. The van der Waals surface area contributed by atoms with Crippen LogP contribution in [0.1, 0.15) is 55.8 Å². The summed E-state index contributed by atoms with van der Waals surface area (Å²) in [5.74, 6) is -0.245. The van der Waals surface area contributed by atoms with Crippen molar-refractivity contribution in [1.29, 1.82) is 0 Å². The highest BCUT2D eigenvalue weighted by Crippen LogP contribution is 2.43. The van der Waals surface area contributed by atoms with E-state index in [9.17, 15) is 13.2 Å². The number of nitrogens with one attached hydrogen (secondary N) is 1. The van der Waals surface area contributed by atoms with E-state index in [1.54, 1.807) is 18.3 Å². The molecule has 0 aliphatic heterocycles. The van der Waals surface area contributed by atoms with Crippen LogP contribution < -0.4 is 0 Å². The molecule has 154 valence electrons. The van der Waals surface area contributed by atoms with E-state index in [0.717, 1.165) is 48.5 Å². The zero-order valence-electron chi connectivity index (χ0n) is 16.6. The molecule has 6 heteroatoms. The molecular formula is C24H22F3N3. The Morgan fingerprint density at radius 2 is 1.70 bits per heavy atom. The number of aromatic amines is 1. The molecule has 1 saturated carbocycles. The molecule has 0 spiro atoms. The zero-order valence-corrected chi connectivity index (χ0v) is 16.6. The first-order valence-electron chi connectivity index (χ1n) is 10.4. The maximum atomic E-state index is 13.8. The number of pyridine rings is 1. The maximum absolute atomic E-state index is 13.8. The summed E-state index contributed by atoms with van der Waals surface area (Å²) in [6.07, 6.45) is 5.86. The minimum absolute atomic E-state index is 0.163. The van der Waals surface area contributed by atoms with Crippen LogP contribution in [0.25, 0.3) is 21.9 Å². The van der Waals surface area contributed by atoms with Crippen molar-refractivity contribution in [3.8, 4) is 0 Å². The second kappa shape index (κ2) is 7.42. The average molecular weight is 409 g/mol. The van der Waals surface area contributed by atoms with Gasteiger partial charge < -0.3 is 4.98 Å². The quantitative estimate of drug-likeness (QED) is 0.414. The Hall–Kier alpha value is -2.89. The molecule has 3 nitrogen and oxygen atoms in total. The highest BCUT2D eigenvalue weighted by Gasteiger charge is 2.29. The van der Waals surface area contributed by atoms with Crippen molar-refractivity contribution in [2.45, 2.75) is 44.4 Å². The van der Waals surface area contributed by atoms with Crippen LogP contribution in [0.2, 0.25) is 0 Å². The molecule has 0 saturated heterocycles. The highest BCUT2D eigenvalue weighted by atomic mass is 19.2. The summed E-state index contributed by atoms with van der Waals surface area (Å²) in [5, 5.41) is 0.898. The molecule has 4 aromatic rings. The van der Waals surface area contributed by atoms with Crippen molar-refractivity contribution < 1.29 is 13.2 Å². The molecule has 0 radical (unpaired) electrons. The summed E-state index contributed by atoms with van der Waals surface area (Å²) in [6.45, 7) is 2.12. The van der Waals surface area contributed by atoms with Crippen molar-refractivity contribution in [2.75, 3.05) is 0 Å². The molecule has 2 aromatic heterocycles. The lowest BCUT2D eigenvalue weighted by molar-refractivity contribution is 0.286. The van der Waals surface area contributed by atoms with Crippen LogP contribution in [-0.4, -0.2) is 15.0 Å². The first kappa shape index (κ1) is 19.1. The smallest absolute Gasteiger partial charge is 0.161 e. The molecule has 2 aromatic carbocycles. The maximum Gasteiger partial charge on any atom is 0.161 e. The first-order valence-corrected chi connectivity index (χ1v) is 10.4. The normalized spacial score (nSPS) is 20.7. The molecule has 1 aliphatic carbocycles. The number of hydrogen-bond donors (Lipinski definition) is 1. The molecule has 0 amide bonds. The zero-order chi connectivity index (χ0) is 20.8. The van der Waals surface area contributed by atoms with Crippen molar-refractivity contribution in [3.63, 3.8) is 0 Å². The summed E-state index contributed by atoms with van der Waals surface area (Å²) >= 11 is 0. The monoisotopic (exact) mass is 409 g/mol. The fourth-order valence-electron chi connectivity index (χ4n) is 4.89. The van der Waals surface area contributed by atoms with Crippen LogP contribution in [0.15, 0.2) is 42.6 Å². The molecule has 2 heterocycles. The van der Waals surface area contributed by atoms with Gasteiger partial charge in [0.1, 0.15) is 11.6 Å². The molecule has 1 unspecified atom stereocenters. The number of hydrogen-bond acceptors (Lipinski definition) is 2. The Balaban J connectivity index is 1.34. The Morgan fingerprint density at radius 3 is 2.50 bits per heavy atom. The number of imidazole rings is 1. The summed E-state index contributed by atoms with van der Waals surface area (Å²) < 4.78 is 40.8. The van der Waals surface area contributed by atoms with Crippen LogP contribution in [-0.2, 0) is 0 Å². The summed E-state index contributed by atoms with van der Waals surface area (Å²) in [5.41, 5.74) is 2.97. The number of aromatic nitrogens is 3. The van der Waals surface area contributed by atoms with E-state index in [1.165, 1.54) is 17.7 Å². The van der Waals surface area contributed by atoms with E-state index in [2.05, 4.69) is 21.9 Å². The lowest BCUT2D eigenvalue weighted by Crippen LogP contribution is -2.19. The molecule has 0 bridgehead atoms. The van der Waals surface area contributed by atoms with Crippen LogP contribution in [0, 0.1) is 23.4 Å². The van der Waals surface area contributed by atoms with Crippen molar-refractivity contribution in [3.05, 3.63) is 71.4 Å². The first-order chi connectivity index (χ1) is 14.5. The van der Waals surface area contributed by atoms with Crippen LogP contribution in [0.5, 0.6) is 0 Å². The molecule has 5 rings (SSSR count). The van der Waals surface area contributed by atoms with E-state index in [-0.39, 0.29) is 11.7 Å². The Labute approximate surface area is 172 Å².